The van der Waals surface area contributed by atoms with Gasteiger partial charge in [-0.2, -0.15) is 0 Å². The van der Waals surface area contributed by atoms with Gasteiger partial charge >= 0.3 is 0 Å². The molecule has 0 radical (unpaired) electrons. The molecule has 0 fully saturated rings. The molecule has 0 bridgehead atoms. The lowest BCUT2D eigenvalue weighted by molar-refractivity contribution is 0.423. The topological polar surface area (TPSA) is 45.2 Å². The van der Waals surface area contributed by atoms with E-state index in [1.807, 2.05) is 0 Å². The first-order valence-corrected chi connectivity index (χ1v) is 10.7. The van der Waals surface area contributed by atoms with Crippen LogP contribution in [-0.4, -0.2) is 16.6 Å². The third-order valence-electron chi connectivity index (χ3n) is 5.01. The second-order valence-corrected chi connectivity index (χ2v) is 10.5. The number of phenolic OH excluding ortho intramolecular Hbond substituents is 1. The van der Waals surface area contributed by atoms with Gasteiger partial charge in [0.2, 0.25) is 0 Å². The highest BCUT2D eigenvalue weighted by atomic mass is 32.1. The molecule has 2 aromatic rings. The van der Waals surface area contributed by atoms with Crippen molar-refractivity contribution in [2.24, 2.45) is 0 Å². The predicted molar refractivity (Wildman–Crippen MR) is 118 cm³/mol. The lowest BCUT2D eigenvalue weighted by Crippen LogP contribution is -2.17. The number of aromatic hydroxyl groups is 1. The van der Waals surface area contributed by atoms with E-state index < -0.39 is 0 Å². The lowest BCUT2D eigenvalue weighted by Gasteiger charge is -2.27. The summed E-state index contributed by atoms with van der Waals surface area (Å²) < 4.78 is 0. The van der Waals surface area contributed by atoms with Crippen molar-refractivity contribution in [2.45, 2.75) is 71.6 Å². The Morgan fingerprint density at radius 3 is 2.22 bits per heavy atom. The van der Waals surface area contributed by atoms with Crippen molar-refractivity contribution in [3.8, 4) is 5.75 Å². The Hall–Kier alpha value is -1.81. The maximum absolute atomic E-state index is 10.9. The van der Waals surface area contributed by atoms with E-state index in [1.54, 1.807) is 11.3 Å². The summed E-state index contributed by atoms with van der Waals surface area (Å²) >= 11 is 1.73. The van der Waals surface area contributed by atoms with E-state index in [9.17, 15) is 5.11 Å². The van der Waals surface area contributed by atoms with Crippen molar-refractivity contribution < 1.29 is 5.11 Å². The van der Waals surface area contributed by atoms with Crippen LogP contribution in [0.2, 0.25) is 0 Å². The van der Waals surface area contributed by atoms with Crippen LogP contribution in [0.3, 0.4) is 0 Å². The van der Waals surface area contributed by atoms with Crippen LogP contribution in [0.1, 0.15) is 81.8 Å². The number of phenols is 1. The number of rotatable bonds is 2. The minimum atomic E-state index is -0.115. The molecule has 0 unspecified atom stereocenters. The molecule has 146 valence electrons. The van der Waals surface area contributed by atoms with Crippen molar-refractivity contribution in [1.29, 1.82) is 0 Å². The molecule has 1 aliphatic rings. The Labute approximate surface area is 167 Å². The van der Waals surface area contributed by atoms with E-state index in [-0.39, 0.29) is 10.8 Å². The fourth-order valence-electron chi connectivity index (χ4n) is 3.43. The molecule has 3 rings (SSSR count). The molecular weight excluding hydrogens is 352 g/mol. The third kappa shape index (κ3) is 4.55. The van der Waals surface area contributed by atoms with Gasteiger partial charge in [-0.25, -0.2) is 4.98 Å². The van der Waals surface area contributed by atoms with Crippen molar-refractivity contribution >= 4 is 28.5 Å². The van der Waals surface area contributed by atoms with Crippen LogP contribution in [0.4, 0.5) is 5.00 Å². The number of hydrogen-bond acceptors (Lipinski definition) is 4. The quantitative estimate of drug-likeness (QED) is 0.633. The Kier molecular flexibility index (Phi) is 5.40. The van der Waals surface area contributed by atoms with Crippen molar-refractivity contribution in [3.05, 3.63) is 39.5 Å². The van der Waals surface area contributed by atoms with Crippen LogP contribution in [0, 0.1) is 0 Å². The van der Waals surface area contributed by atoms with Crippen LogP contribution >= 0.6 is 11.3 Å². The minimum Gasteiger partial charge on any atom is -0.507 e. The summed E-state index contributed by atoms with van der Waals surface area (Å²) in [5.74, 6) is 0.428. The van der Waals surface area contributed by atoms with E-state index in [0.29, 0.717) is 5.75 Å². The molecule has 0 saturated carbocycles. The molecule has 4 heteroatoms. The number of fused-ring (bicyclic) bond motifs is 1. The minimum absolute atomic E-state index is 0.115. The average molecular weight is 385 g/mol. The second kappa shape index (κ2) is 7.31. The molecule has 0 amide bonds. The zero-order valence-corrected chi connectivity index (χ0v) is 18.3. The lowest BCUT2D eigenvalue weighted by atomic mass is 9.78. The maximum atomic E-state index is 10.9. The van der Waals surface area contributed by atoms with Gasteiger partial charge in [0.1, 0.15) is 15.8 Å². The van der Waals surface area contributed by atoms with Gasteiger partial charge in [0.15, 0.2) is 0 Å². The van der Waals surface area contributed by atoms with Crippen molar-refractivity contribution in [2.75, 3.05) is 11.9 Å². The zero-order chi connectivity index (χ0) is 19.8. The summed E-state index contributed by atoms with van der Waals surface area (Å²) in [7, 11) is 0. The van der Waals surface area contributed by atoms with Gasteiger partial charge in [-0.1, -0.05) is 59.0 Å². The van der Waals surface area contributed by atoms with Crippen molar-refractivity contribution in [1.82, 2.24) is 4.98 Å². The summed E-state index contributed by atoms with van der Waals surface area (Å²) in [5, 5.41) is 16.6. The molecule has 0 spiro atoms. The largest absolute Gasteiger partial charge is 0.507 e. The third-order valence-corrected chi connectivity index (χ3v) is 6.03. The fraction of sp³-hybridized carbons (Fsp3) is 0.522. The fourth-order valence-corrected chi connectivity index (χ4v) is 4.37. The maximum Gasteiger partial charge on any atom is 0.123 e. The first-order valence-electron chi connectivity index (χ1n) is 9.85. The predicted octanol–water partition coefficient (Wildman–Crippen LogP) is 6.36. The van der Waals surface area contributed by atoms with E-state index in [0.717, 1.165) is 34.7 Å². The average Bonchev–Trinajstić information content (AvgIpc) is 2.81. The van der Waals surface area contributed by atoms with Crippen LogP contribution in [0.15, 0.2) is 12.1 Å². The van der Waals surface area contributed by atoms with Crippen LogP contribution in [0.5, 0.6) is 5.75 Å². The highest BCUT2D eigenvalue weighted by Gasteiger charge is 2.26. The molecule has 1 aliphatic heterocycles. The number of aromatic nitrogens is 1. The molecule has 2 heterocycles. The SMILES string of the molecule is CC(C)(C)c1cc(C=Cc2nc3c(s2)NCCCC3)cc(C(C)(C)C)c1O. The number of nitrogens with one attached hydrogen (secondary N) is 1. The molecule has 2 N–H and O–H groups in total. The van der Waals surface area contributed by atoms with Gasteiger partial charge in [0.05, 0.1) is 5.69 Å². The summed E-state index contributed by atoms with van der Waals surface area (Å²) in [6, 6.07) is 4.22. The Morgan fingerprint density at radius 1 is 1.00 bits per heavy atom. The number of nitrogens with zero attached hydrogens (tertiary/aromatic N) is 1. The van der Waals surface area contributed by atoms with E-state index >= 15 is 0 Å². The molecule has 27 heavy (non-hydrogen) atoms. The van der Waals surface area contributed by atoms with Gasteiger partial charge < -0.3 is 10.4 Å². The summed E-state index contributed by atoms with van der Waals surface area (Å²) in [4.78, 5) is 4.81. The monoisotopic (exact) mass is 384 g/mol. The smallest absolute Gasteiger partial charge is 0.123 e. The number of thiazole rings is 1. The first-order chi connectivity index (χ1) is 12.6. The van der Waals surface area contributed by atoms with E-state index in [2.05, 4.69) is 71.1 Å². The summed E-state index contributed by atoms with van der Waals surface area (Å²) in [6.07, 6.45) is 7.71. The highest BCUT2D eigenvalue weighted by Crippen LogP contribution is 2.40. The number of anilines is 1. The first kappa shape index (κ1) is 19.9. The molecular formula is C23H32N2OS. The normalized spacial score (nSPS) is 15.5. The summed E-state index contributed by atoms with van der Waals surface area (Å²) in [5.41, 5.74) is 4.07. The number of benzene rings is 1. The highest BCUT2D eigenvalue weighted by molar-refractivity contribution is 7.16. The number of aryl methyl sites for hydroxylation is 1. The van der Waals surface area contributed by atoms with Gasteiger partial charge in [0, 0.05) is 17.7 Å². The van der Waals surface area contributed by atoms with Crippen LogP contribution in [-0.2, 0) is 17.3 Å². The Morgan fingerprint density at radius 2 is 1.63 bits per heavy atom. The van der Waals surface area contributed by atoms with Gasteiger partial charge in [0.25, 0.3) is 0 Å². The molecule has 1 aromatic heterocycles. The van der Waals surface area contributed by atoms with Crippen LogP contribution < -0.4 is 5.32 Å². The molecule has 0 atom stereocenters. The number of hydrogen-bond donors (Lipinski definition) is 2. The van der Waals surface area contributed by atoms with Crippen LogP contribution in [0.25, 0.3) is 12.2 Å². The van der Waals surface area contributed by atoms with Crippen molar-refractivity contribution in [3.63, 3.8) is 0 Å². The van der Waals surface area contributed by atoms with E-state index in [4.69, 9.17) is 4.98 Å². The van der Waals surface area contributed by atoms with Gasteiger partial charge in [-0.3, -0.25) is 0 Å². The zero-order valence-electron chi connectivity index (χ0n) is 17.4. The van der Waals surface area contributed by atoms with E-state index in [1.165, 1.54) is 23.5 Å². The molecule has 0 saturated heterocycles. The Bertz CT molecular complexity index is 792. The standard InChI is InChI=1S/C23H32N2OS/c1-22(2,3)16-13-15(14-17(20(16)26)23(4,5)6)10-11-19-25-18-9-7-8-12-24-21(18)27-19/h10-11,13-14,24,26H,7-9,12H2,1-6H3. The second-order valence-electron chi connectivity index (χ2n) is 9.51. The Balaban J connectivity index is 1.98. The molecule has 3 nitrogen and oxygen atoms in total. The van der Waals surface area contributed by atoms with Gasteiger partial charge in [-0.05, 0) is 53.9 Å². The summed E-state index contributed by atoms with van der Waals surface area (Å²) in [6.45, 7) is 13.9. The molecule has 1 aromatic carbocycles. The molecule has 0 aliphatic carbocycles. The van der Waals surface area contributed by atoms with Gasteiger partial charge in [-0.15, -0.1) is 0 Å².